The van der Waals surface area contributed by atoms with E-state index in [1.807, 2.05) is 81.9 Å². The zero-order valence-electron chi connectivity index (χ0n) is 14.4. The predicted octanol–water partition coefficient (Wildman–Crippen LogP) is 3.70. The maximum absolute atomic E-state index is 10.6. The van der Waals surface area contributed by atoms with Crippen molar-refractivity contribution in [1.82, 2.24) is 9.13 Å². The molecule has 1 aromatic heterocycles. The van der Waals surface area contributed by atoms with Crippen molar-refractivity contribution in [3.8, 4) is 0 Å². The zero-order chi connectivity index (χ0) is 17.9. The molecule has 0 saturated carbocycles. The van der Waals surface area contributed by atoms with E-state index in [9.17, 15) is 5.11 Å². The van der Waals surface area contributed by atoms with Gasteiger partial charge in [0.1, 0.15) is 0 Å². The van der Waals surface area contributed by atoms with Crippen LogP contribution in [0.25, 0.3) is 11.0 Å². The van der Waals surface area contributed by atoms with Crippen molar-refractivity contribution in [2.75, 3.05) is 0 Å². The van der Waals surface area contributed by atoms with Gasteiger partial charge in [-0.05, 0) is 23.3 Å². The highest BCUT2D eigenvalue weighted by molar-refractivity contribution is 5.76. The average Bonchev–Trinajstić information content (AvgIpc) is 2.95. The molecule has 0 bridgehead atoms. The molecule has 0 aliphatic carbocycles. The Kier molecular flexibility index (Phi) is 4.42. The van der Waals surface area contributed by atoms with Crippen LogP contribution in [-0.4, -0.2) is 14.2 Å². The van der Waals surface area contributed by atoms with E-state index in [0.717, 1.165) is 22.2 Å². The lowest BCUT2D eigenvalue weighted by Crippen LogP contribution is -2.27. The minimum atomic E-state index is -0.652. The van der Waals surface area contributed by atoms with Crippen molar-refractivity contribution in [2.45, 2.75) is 19.2 Å². The van der Waals surface area contributed by atoms with Crippen molar-refractivity contribution >= 4 is 11.0 Å². The standard InChI is InChI=1S/C22H21N3O/c23-22-24(15-17-9-3-1-4-10-17)19-13-7-8-14-20(19)25(22)16-21(26)18-11-5-2-6-12-18/h1-14,21,23,26H,15-16H2/t21-/m1/s1. The Labute approximate surface area is 152 Å². The van der Waals surface area contributed by atoms with Crippen LogP contribution in [0.2, 0.25) is 0 Å². The number of rotatable bonds is 5. The summed E-state index contributed by atoms with van der Waals surface area (Å²) in [5, 5.41) is 19.3. The monoisotopic (exact) mass is 343 g/mol. The van der Waals surface area contributed by atoms with E-state index < -0.39 is 6.10 Å². The summed E-state index contributed by atoms with van der Waals surface area (Å²) in [6.45, 7) is 0.986. The summed E-state index contributed by atoms with van der Waals surface area (Å²) in [6.07, 6.45) is -0.652. The summed E-state index contributed by atoms with van der Waals surface area (Å²) in [4.78, 5) is 0. The van der Waals surface area contributed by atoms with Crippen LogP contribution in [0, 0.1) is 5.41 Å². The number of hydrogen-bond acceptors (Lipinski definition) is 2. The number of hydrogen-bond donors (Lipinski definition) is 2. The highest BCUT2D eigenvalue weighted by Gasteiger charge is 2.15. The van der Waals surface area contributed by atoms with Crippen LogP contribution in [0.1, 0.15) is 17.2 Å². The van der Waals surface area contributed by atoms with E-state index >= 15 is 0 Å². The largest absolute Gasteiger partial charge is 0.387 e. The van der Waals surface area contributed by atoms with E-state index in [1.165, 1.54) is 0 Å². The first kappa shape index (κ1) is 16.4. The fourth-order valence-corrected chi connectivity index (χ4v) is 3.36. The highest BCUT2D eigenvalue weighted by Crippen LogP contribution is 2.19. The molecule has 130 valence electrons. The second kappa shape index (κ2) is 7.02. The highest BCUT2D eigenvalue weighted by atomic mass is 16.3. The van der Waals surface area contributed by atoms with Gasteiger partial charge in [0.05, 0.1) is 30.2 Å². The molecule has 1 heterocycles. The van der Waals surface area contributed by atoms with E-state index in [1.54, 1.807) is 0 Å². The first-order valence-corrected chi connectivity index (χ1v) is 8.73. The Hall–Kier alpha value is -3.11. The first-order valence-electron chi connectivity index (χ1n) is 8.73. The molecule has 0 aliphatic heterocycles. The average molecular weight is 343 g/mol. The predicted molar refractivity (Wildman–Crippen MR) is 103 cm³/mol. The molecule has 0 amide bonds. The Morgan fingerprint density at radius 2 is 1.27 bits per heavy atom. The molecule has 0 saturated heterocycles. The van der Waals surface area contributed by atoms with E-state index in [4.69, 9.17) is 5.41 Å². The van der Waals surface area contributed by atoms with Gasteiger partial charge in [0.25, 0.3) is 0 Å². The number of aliphatic hydroxyl groups excluding tert-OH is 1. The van der Waals surface area contributed by atoms with Gasteiger partial charge in [-0.25, -0.2) is 0 Å². The molecule has 4 nitrogen and oxygen atoms in total. The summed E-state index contributed by atoms with van der Waals surface area (Å²) in [7, 11) is 0. The van der Waals surface area contributed by atoms with E-state index in [0.29, 0.717) is 18.7 Å². The molecule has 1 atom stereocenters. The van der Waals surface area contributed by atoms with Crippen LogP contribution in [0.5, 0.6) is 0 Å². The lowest BCUT2D eigenvalue weighted by atomic mass is 10.1. The minimum absolute atomic E-state index is 0.352. The van der Waals surface area contributed by atoms with Gasteiger partial charge in [-0.2, -0.15) is 0 Å². The van der Waals surface area contributed by atoms with Gasteiger partial charge >= 0.3 is 0 Å². The molecule has 0 aliphatic rings. The quantitative estimate of drug-likeness (QED) is 0.570. The van der Waals surface area contributed by atoms with Gasteiger partial charge < -0.3 is 14.2 Å². The number of benzene rings is 3. The second-order valence-corrected chi connectivity index (χ2v) is 6.42. The number of nitrogens with zero attached hydrogens (tertiary/aromatic N) is 2. The SMILES string of the molecule is N=c1n(Cc2ccccc2)c2ccccc2n1C[C@@H](O)c1ccccc1. The van der Waals surface area contributed by atoms with Crippen molar-refractivity contribution in [2.24, 2.45) is 0 Å². The Morgan fingerprint density at radius 1 is 0.731 bits per heavy atom. The van der Waals surface area contributed by atoms with E-state index in [2.05, 4.69) is 12.1 Å². The molecule has 2 N–H and O–H groups in total. The second-order valence-electron chi connectivity index (χ2n) is 6.42. The molecule has 0 fully saturated rings. The Balaban J connectivity index is 1.76. The zero-order valence-corrected chi connectivity index (χ0v) is 14.4. The number of aliphatic hydroxyl groups is 1. The smallest absolute Gasteiger partial charge is 0.203 e. The maximum Gasteiger partial charge on any atom is 0.203 e. The van der Waals surface area contributed by atoms with Crippen LogP contribution in [0.4, 0.5) is 0 Å². The lowest BCUT2D eigenvalue weighted by molar-refractivity contribution is 0.155. The Morgan fingerprint density at radius 3 is 1.92 bits per heavy atom. The van der Waals surface area contributed by atoms with Crippen LogP contribution in [-0.2, 0) is 13.1 Å². The van der Waals surface area contributed by atoms with Crippen LogP contribution < -0.4 is 5.62 Å². The third-order valence-electron chi connectivity index (χ3n) is 4.70. The van der Waals surface area contributed by atoms with Gasteiger partial charge in [0.15, 0.2) is 0 Å². The van der Waals surface area contributed by atoms with Gasteiger partial charge in [-0.3, -0.25) is 5.41 Å². The van der Waals surface area contributed by atoms with Crippen LogP contribution in [0.3, 0.4) is 0 Å². The summed E-state index contributed by atoms with van der Waals surface area (Å²) < 4.78 is 3.87. The minimum Gasteiger partial charge on any atom is -0.387 e. The molecular weight excluding hydrogens is 322 g/mol. The normalized spacial score (nSPS) is 12.3. The summed E-state index contributed by atoms with van der Waals surface area (Å²) in [6, 6.07) is 27.8. The Bertz CT molecular complexity index is 1060. The molecular formula is C22H21N3O. The first-order chi connectivity index (χ1) is 12.7. The van der Waals surface area contributed by atoms with Gasteiger partial charge in [0.2, 0.25) is 5.62 Å². The molecule has 26 heavy (non-hydrogen) atoms. The fourth-order valence-electron chi connectivity index (χ4n) is 3.36. The number of imidazole rings is 1. The number of fused-ring (bicyclic) bond motifs is 1. The molecule has 4 heteroatoms. The molecule has 4 aromatic rings. The third kappa shape index (κ3) is 3.07. The van der Waals surface area contributed by atoms with Crippen molar-refractivity contribution in [3.63, 3.8) is 0 Å². The van der Waals surface area contributed by atoms with Crippen molar-refractivity contribution in [3.05, 3.63) is 102 Å². The van der Waals surface area contributed by atoms with Gasteiger partial charge in [-0.1, -0.05) is 72.8 Å². The molecule has 0 unspecified atom stereocenters. The molecule has 0 radical (unpaired) electrons. The maximum atomic E-state index is 10.6. The summed E-state index contributed by atoms with van der Waals surface area (Å²) in [5.41, 5.74) is 4.37. The summed E-state index contributed by atoms with van der Waals surface area (Å²) >= 11 is 0. The number of para-hydroxylation sites is 2. The molecule has 3 aromatic carbocycles. The topological polar surface area (TPSA) is 53.9 Å². The summed E-state index contributed by atoms with van der Waals surface area (Å²) in [5.74, 6) is 0. The molecule has 0 spiro atoms. The van der Waals surface area contributed by atoms with E-state index in [-0.39, 0.29) is 0 Å². The van der Waals surface area contributed by atoms with Gasteiger partial charge in [0, 0.05) is 0 Å². The van der Waals surface area contributed by atoms with Crippen LogP contribution >= 0.6 is 0 Å². The van der Waals surface area contributed by atoms with Crippen LogP contribution in [0.15, 0.2) is 84.9 Å². The molecule has 4 rings (SSSR count). The number of aromatic nitrogens is 2. The van der Waals surface area contributed by atoms with Gasteiger partial charge in [-0.15, -0.1) is 0 Å². The van der Waals surface area contributed by atoms with Crippen molar-refractivity contribution in [1.29, 1.82) is 5.41 Å². The van der Waals surface area contributed by atoms with Crippen molar-refractivity contribution < 1.29 is 5.11 Å². The third-order valence-corrected chi connectivity index (χ3v) is 4.70. The fraction of sp³-hybridized carbons (Fsp3) is 0.136. The lowest BCUT2D eigenvalue weighted by Gasteiger charge is -2.12. The number of nitrogens with one attached hydrogen (secondary N) is 1.